The van der Waals surface area contributed by atoms with Gasteiger partial charge in [0.2, 0.25) is 0 Å². The molecule has 1 aromatic carbocycles. The zero-order valence-electron chi connectivity index (χ0n) is 11.4. The molecule has 5 heteroatoms. The highest BCUT2D eigenvalue weighted by Gasteiger charge is 2.03. The maximum absolute atomic E-state index is 12.7. The van der Waals surface area contributed by atoms with Crippen LogP contribution in [0.5, 0.6) is 5.75 Å². The number of hydrogen-bond donors (Lipinski definition) is 0. The van der Waals surface area contributed by atoms with Crippen LogP contribution in [0, 0.1) is 5.82 Å². The average molecular weight is 269 g/mol. The third-order valence-electron chi connectivity index (χ3n) is 2.70. The van der Waals surface area contributed by atoms with Gasteiger partial charge in [0.25, 0.3) is 0 Å². The number of halogens is 1. The lowest BCUT2D eigenvalue weighted by Gasteiger charge is -2.16. The second kappa shape index (κ2) is 8.48. The van der Waals surface area contributed by atoms with Crippen molar-refractivity contribution in [3.05, 3.63) is 30.1 Å². The Hall–Kier alpha value is -1.62. The highest BCUT2D eigenvalue weighted by atomic mass is 19.1. The summed E-state index contributed by atoms with van der Waals surface area (Å²) in [6.45, 7) is 2.08. The molecule has 0 fully saturated rings. The fraction of sp³-hybridized carbons (Fsp3) is 0.500. The van der Waals surface area contributed by atoms with Gasteiger partial charge in [-0.2, -0.15) is 0 Å². The van der Waals surface area contributed by atoms with Gasteiger partial charge in [-0.05, 0) is 44.3 Å². The van der Waals surface area contributed by atoms with Crippen LogP contribution >= 0.6 is 0 Å². The Morgan fingerprint density at radius 3 is 2.58 bits per heavy atom. The van der Waals surface area contributed by atoms with Crippen LogP contribution < -0.4 is 4.74 Å². The molecule has 4 nitrogen and oxygen atoms in total. The molecule has 106 valence electrons. The molecule has 0 radical (unpaired) electrons. The van der Waals surface area contributed by atoms with E-state index < -0.39 is 0 Å². The van der Waals surface area contributed by atoms with Crippen LogP contribution in [0.1, 0.15) is 12.8 Å². The Bertz CT molecular complexity index is 381. The van der Waals surface area contributed by atoms with Crippen LogP contribution in [0.25, 0.3) is 0 Å². The molecule has 0 aliphatic rings. The van der Waals surface area contributed by atoms with Gasteiger partial charge in [0.15, 0.2) is 0 Å². The fourth-order valence-electron chi connectivity index (χ4n) is 1.56. The summed E-state index contributed by atoms with van der Waals surface area (Å²) in [5.74, 6) is 0.201. The molecule has 0 aliphatic heterocycles. The lowest BCUT2D eigenvalue weighted by atomic mass is 10.3. The highest BCUT2D eigenvalue weighted by Crippen LogP contribution is 2.10. The number of hydrogen-bond acceptors (Lipinski definition) is 4. The molecule has 0 unspecified atom stereocenters. The van der Waals surface area contributed by atoms with Gasteiger partial charge in [-0.3, -0.25) is 4.79 Å². The largest absolute Gasteiger partial charge is 0.492 e. The van der Waals surface area contributed by atoms with Crippen LogP contribution in [-0.2, 0) is 9.53 Å². The van der Waals surface area contributed by atoms with E-state index in [4.69, 9.17) is 4.74 Å². The molecule has 0 bridgehead atoms. The van der Waals surface area contributed by atoms with E-state index in [1.54, 1.807) is 12.1 Å². The van der Waals surface area contributed by atoms with Crippen molar-refractivity contribution < 1.29 is 18.7 Å². The van der Waals surface area contributed by atoms with Crippen LogP contribution in [0.3, 0.4) is 0 Å². The number of nitrogens with zero attached hydrogens (tertiary/aromatic N) is 1. The van der Waals surface area contributed by atoms with E-state index in [9.17, 15) is 9.18 Å². The quantitative estimate of drug-likeness (QED) is 0.677. The first kappa shape index (κ1) is 15.4. The molecule has 1 rings (SSSR count). The second-order valence-electron chi connectivity index (χ2n) is 4.29. The Morgan fingerprint density at radius 2 is 1.95 bits per heavy atom. The summed E-state index contributed by atoms with van der Waals surface area (Å²) in [6, 6.07) is 5.95. The summed E-state index contributed by atoms with van der Waals surface area (Å²) in [5.41, 5.74) is 0. The Balaban J connectivity index is 2.11. The first-order valence-corrected chi connectivity index (χ1v) is 6.25. The molecule has 0 amide bonds. The number of rotatable bonds is 8. The van der Waals surface area contributed by atoms with Gasteiger partial charge in [0.1, 0.15) is 18.2 Å². The smallest absolute Gasteiger partial charge is 0.305 e. The van der Waals surface area contributed by atoms with Crippen LogP contribution in [0.2, 0.25) is 0 Å². The Morgan fingerprint density at radius 1 is 1.26 bits per heavy atom. The van der Waals surface area contributed by atoms with Crippen molar-refractivity contribution in [2.75, 3.05) is 33.9 Å². The molecule has 0 atom stereocenters. The molecule has 0 aliphatic carbocycles. The Kier molecular flexibility index (Phi) is 6.89. The van der Waals surface area contributed by atoms with Gasteiger partial charge in [-0.25, -0.2) is 4.39 Å². The standard InChI is InChI=1S/C14H20FNO3/c1-16(9-3-4-14(17)18-2)10-11-19-13-7-5-12(15)6-8-13/h5-8H,3-4,9-11H2,1-2H3. The molecule has 1 aromatic rings. The normalized spacial score (nSPS) is 10.5. The molecule has 0 aromatic heterocycles. The summed E-state index contributed by atoms with van der Waals surface area (Å²) in [4.78, 5) is 13.0. The lowest BCUT2D eigenvalue weighted by Crippen LogP contribution is -2.25. The van der Waals surface area contributed by atoms with Gasteiger partial charge >= 0.3 is 5.97 Å². The highest BCUT2D eigenvalue weighted by molar-refractivity contribution is 5.69. The number of methoxy groups -OCH3 is 1. The summed E-state index contributed by atoms with van der Waals surface area (Å²) >= 11 is 0. The fourth-order valence-corrected chi connectivity index (χ4v) is 1.56. The summed E-state index contributed by atoms with van der Waals surface area (Å²) in [6.07, 6.45) is 1.19. The van der Waals surface area contributed by atoms with Gasteiger partial charge in [0, 0.05) is 13.0 Å². The molecule has 0 saturated heterocycles. The first-order chi connectivity index (χ1) is 9.11. The van der Waals surface area contributed by atoms with E-state index in [1.807, 2.05) is 7.05 Å². The van der Waals surface area contributed by atoms with Gasteiger partial charge < -0.3 is 14.4 Å². The summed E-state index contributed by atoms with van der Waals surface area (Å²) < 4.78 is 22.7. The minimum atomic E-state index is -0.271. The van der Waals surface area contributed by atoms with Gasteiger partial charge in [0.05, 0.1) is 7.11 Å². The van der Waals surface area contributed by atoms with Crippen molar-refractivity contribution in [1.29, 1.82) is 0 Å². The maximum Gasteiger partial charge on any atom is 0.305 e. The molecular formula is C14H20FNO3. The molecule has 0 saturated carbocycles. The SMILES string of the molecule is COC(=O)CCCN(C)CCOc1ccc(F)cc1. The number of benzene rings is 1. The zero-order valence-corrected chi connectivity index (χ0v) is 11.4. The third-order valence-corrected chi connectivity index (χ3v) is 2.70. The third kappa shape index (κ3) is 6.76. The van der Waals surface area contributed by atoms with E-state index in [-0.39, 0.29) is 11.8 Å². The number of carbonyl (C=O) groups excluding carboxylic acids is 1. The predicted molar refractivity (Wildman–Crippen MR) is 70.6 cm³/mol. The lowest BCUT2D eigenvalue weighted by molar-refractivity contribution is -0.140. The maximum atomic E-state index is 12.7. The van der Waals surface area contributed by atoms with E-state index in [1.165, 1.54) is 19.2 Å². The van der Waals surface area contributed by atoms with E-state index >= 15 is 0 Å². The van der Waals surface area contributed by atoms with E-state index in [0.717, 1.165) is 19.5 Å². The molecule has 0 heterocycles. The van der Waals surface area contributed by atoms with Crippen molar-refractivity contribution in [3.63, 3.8) is 0 Å². The van der Waals surface area contributed by atoms with Crippen LogP contribution in [0.15, 0.2) is 24.3 Å². The van der Waals surface area contributed by atoms with E-state index in [2.05, 4.69) is 9.64 Å². The van der Waals surface area contributed by atoms with Crippen molar-refractivity contribution in [2.24, 2.45) is 0 Å². The average Bonchev–Trinajstić information content (AvgIpc) is 2.41. The second-order valence-corrected chi connectivity index (χ2v) is 4.29. The monoisotopic (exact) mass is 269 g/mol. The topological polar surface area (TPSA) is 38.8 Å². The number of esters is 1. The molecular weight excluding hydrogens is 249 g/mol. The minimum Gasteiger partial charge on any atom is -0.492 e. The van der Waals surface area contributed by atoms with Crippen molar-refractivity contribution in [2.45, 2.75) is 12.8 Å². The first-order valence-electron chi connectivity index (χ1n) is 6.25. The van der Waals surface area contributed by atoms with Crippen LogP contribution in [0.4, 0.5) is 4.39 Å². The summed E-state index contributed by atoms with van der Waals surface area (Å²) in [7, 11) is 3.36. The van der Waals surface area contributed by atoms with Crippen molar-refractivity contribution in [1.82, 2.24) is 4.90 Å². The van der Waals surface area contributed by atoms with Gasteiger partial charge in [-0.15, -0.1) is 0 Å². The molecule has 0 N–H and O–H groups in total. The summed E-state index contributed by atoms with van der Waals surface area (Å²) in [5, 5.41) is 0. The predicted octanol–water partition coefficient (Wildman–Crippen LogP) is 2.09. The van der Waals surface area contributed by atoms with Crippen molar-refractivity contribution in [3.8, 4) is 5.75 Å². The Labute approximate surface area is 113 Å². The number of likely N-dealkylation sites (N-methyl/N-ethyl adjacent to an activating group) is 1. The van der Waals surface area contributed by atoms with Crippen LogP contribution in [-0.4, -0.2) is 44.7 Å². The number of carbonyl (C=O) groups is 1. The van der Waals surface area contributed by atoms with E-state index in [0.29, 0.717) is 18.8 Å². The minimum absolute atomic E-state index is 0.184. The number of ether oxygens (including phenoxy) is 2. The molecule has 0 spiro atoms. The van der Waals surface area contributed by atoms with Gasteiger partial charge in [-0.1, -0.05) is 0 Å². The molecule has 19 heavy (non-hydrogen) atoms. The zero-order chi connectivity index (χ0) is 14.1. The van der Waals surface area contributed by atoms with Crippen molar-refractivity contribution >= 4 is 5.97 Å².